The van der Waals surface area contributed by atoms with Crippen LogP contribution in [0.1, 0.15) is 34.8 Å². The third-order valence-electron chi connectivity index (χ3n) is 5.31. The third-order valence-corrected chi connectivity index (χ3v) is 6.99. The van der Waals surface area contributed by atoms with Crippen molar-refractivity contribution in [2.45, 2.75) is 18.8 Å². The zero-order valence-electron chi connectivity index (χ0n) is 17.3. The molecule has 1 saturated carbocycles. The Balaban J connectivity index is 2.01. The number of anilines is 1. The highest BCUT2D eigenvalue weighted by Gasteiger charge is 2.32. The fourth-order valence-corrected chi connectivity index (χ4v) is 4.87. The molecule has 0 saturated heterocycles. The Morgan fingerprint density at radius 1 is 1.32 bits per heavy atom. The second kappa shape index (κ2) is 8.12. The number of amides is 1. The van der Waals surface area contributed by atoms with Gasteiger partial charge in [-0.05, 0) is 60.7 Å². The van der Waals surface area contributed by atoms with Crippen LogP contribution in [-0.2, 0) is 10.0 Å². The number of aromatic nitrogens is 2. The summed E-state index contributed by atoms with van der Waals surface area (Å²) in [6.45, 7) is 3.88. The molecule has 0 aliphatic heterocycles. The summed E-state index contributed by atoms with van der Waals surface area (Å²) in [5.74, 6) is 0.00742. The van der Waals surface area contributed by atoms with E-state index < -0.39 is 10.0 Å². The zero-order valence-corrected chi connectivity index (χ0v) is 19.7. The molecule has 1 N–H and O–H groups in total. The average Bonchev–Trinajstić information content (AvgIpc) is 3.51. The first-order valence-corrected chi connectivity index (χ1v) is 12.5. The number of carbonyl (C=O) groups is 1. The predicted octanol–water partition coefficient (Wildman–Crippen LogP) is 3.98. The van der Waals surface area contributed by atoms with Gasteiger partial charge in [-0.1, -0.05) is 22.0 Å². The number of hydrogen-bond donors (Lipinski definition) is 1. The Hall–Kier alpha value is -2.65. The number of hydrogen-bond acceptors (Lipinski definition) is 4. The Labute approximate surface area is 189 Å². The SMILES string of the molecule is C=CCN(c1cc2nn(-c3ccc(Br)cc3)c(C(=O)NC)c2cc1C1CC1)S(C)(=O)=O. The molecule has 1 amide bonds. The quantitative estimate of drug-likeness (QED) is 0.495. The van der Waals surface area contributed by atoms with Crippen LogP contribution < -0.4 is 9.62 Å². The molecule has 0 atom stereocenters. The van der Waals surface area contributed by atoms with Gasteiger partial charge in [-0.3, -0.25) is 9.10 Å². The van der Waals surface area contributed by atoms with Crippen LogP contribution >= 0.6 is 15.9 Å². The Morgan fingerprint density at radius 3 is 2.55 bits per heavy atom. The van der Waals surface area contributed by atoms with Gasteiger partial charge in [0.05, 0.1) is 29.7 Å². The average molecular weight is 503 g/mol. The first-order chi connectivity index (χ1) is 14.7. The molecule has 2 aromatic carbocycles. The highest BCUT2D eigenvalue weighted by molar-refractivity contribution is 9.10. The minimum Gasteiger partial charge on any atom is -0.354 e. The van der Waals surface area contributed by atoms with Crippen LogP contribution in [0.5, 0.6) is 0 Å². The largest absolute Gasteiger partial charge is 0.354 e. The van der Waals surface area contributed by atoms with E-state index in [2.05, 4.69) is 32.9 Å². The van der Waals surface area contributed by atoms with E-state index in [1.807, 2.05) is 30.3 Å². The normalized spacial score (nSPS) is 13.9. The minimum atomic E-state index is -3.52. The van der Waals surface area contributed by atoms with Gasteiger partial charge in [-0.25, -0.2) is 13.1 Å². The molecule has 7 nitrogen and oxygen atoms in total. The number of rotatable bonds is 7. The maximum atomic E-state index is 12.8. The van der Waals surface area contributed by atoms with E-state index >= 15 is 0 Å². The van der Waals surface area contributed by atoms with Gasteiger partial charge < -0.3 is 5.32 Å². The van der Waals surface area contributed by atoms with Gasteiger partial charge in [0.1, 0.15) is 5.69 Å². The molecule has 1 aliphatic carbocycles. The molecule has 1 aromatic heterocycles. The number of nitrogens with one attached hydrogen (secondary N) is 1. The number of benzene rings is 2. The second-order valence-corrected chi connectivity index (χ2v) is 10.4. The summed E-state index contributed by atoms with van der Waals surface area (Å²) in [5.41, 5.74) is 3.22. The highest BCUT2D eigenvalue weighted by atomic mass is 79.9. The number of fused-ring (bicyclic) bond motifs is 1. The predicted molar refractivity (Wildman–Crippen MR) is 127 cm³/mol. The second-order valence-electron chi connectivity index (χ2n) is 7.60. The number of carbonyl (C=O) groups excluding carboxylic acids is 1. The molecule has 0 bridgehead atoms. The molecular weight excluding hydrogens is 480 g/mol. The first kappa shape index (κ1) is 21.6. The summed E-state index contributed by atoms with van der Waals surface area (Å²) in [7, 11) is -1.93. The van der Waals surface area contributed by atoms with Crippen molar-refractivity contribution >= 4 is 48.5 Å². The van der Waals surface area contributed by atoms with Crippen LogP contribution in [0.2, 0.25) is 0 Å². The van der Waals surface area contributed by atoms with Crippen LogP contribution in [0.4, 0.5) is 5.69 Å². The van der Waals surface area contributed by atoms with Crippen LogP contribution in [0, 0.1) is 0 Å². The molecule has 0 unspecified atom stereocenters. The lowest BCUT2D eigenvalue weighted by molar-refractivity contribution is 0.0957. The van der Waals surface area contributed by atoms with Crippen molar-refractivity contribution in [2.75, 3.05) is 24.2 Å². The van der Waals surface area contributed by atoms with Crippen LogP contribution in [0.25, 0.3) is 16.6 Å². The first-order valence-electron chi connectivity index (χ1n) is 9.88. The van der Waals surface area contributed by atoms with Gasteiger partial charge in [0.25, 0.3) is 5.91 Å². The molecule has 4 rings (SSSR count). The lowest BCUT2D eigenvalue weighted by Gasteiger charge is -2.24. The minimum absolute atomic E-state index is 0.166. The summed E-state index contributed by atoms with van der Waals surface area (Å²) < 4.78 is 28.9. The summed E-state index contributed by atoms with van der Waals surface area (Å²) in [6.07, 6.45) is 4.73. The number of sulfonamides is 1. The maximum Gasteiger partial charge on any atom is 0.270 e. The molecule has 1 aliphatic rings. The van der Waals surface area contributed by atoms with E-state index in [4.69, 9.17) is 0 Å². The summed E-state index contributed by atoms with van der Waals surface area (Å²) in [4.78, 5) is 12.8. The third kappa shape index (κ3) is 4.12. The van der Waals surface area contributed by atoms with Crippen molar-refractivity contribution in [1.82, 2.24) is 15.1 Å². The Morgan fingerprint density at radius 2 is 2.00 bits per heavy atom. The van der Waals surface area contributed by atoms with E-state index in [0.29, 0.717) is 22.3 Å². The van der Waals surface area contributed by atoms with E-state index in [1.54, 1.807) is 23.9 Å². The molecule has 9 heteroatoms. The van der Waals surface area contributed by atoms with Crippen LogP contribution in [0.3, 0.4) is 0 Å². The van der Waals surface area contributed by atoms with Gasteiger partial charge in [0.15, 0.2) is 0 Å². The van der Waals surface area contributed by atoms with Crippen molar-refractivity contribution in [3.05, 3.63) is 64.8 Å². The number of halogens is 1. The number of nitrogens with zero attached hydrogens (tertiary/aromatic N) is 3. The van der Waals surface area contributed by atoms with Crippen molar-refractivity contribution in [2.24, 2.45) is 0 Å². The Bertz CT molecular complexity index is 1280. The molecular formula is C22H23BrN4O3S. The molecule has 31 heavy (non-hydrogen) atoms. The van der Waals surface area contributed by atoms with E-state index in [-0.39, 0.29) is 18.4 Å². The smallest absolute Gasteiger partial charge is 0.270 e. The van der Waals surface area contributed by atoms with E-state index in [1.165, 1.54) is 10.6 Å². The van der Waals surface area contributed by atoms with Gasteiger partial charge in [0, 0.05) is 16.9 Å². The Kier molecular flexibility index (Phi) is 5.65. The molecule has 1 heterocycles. The summed E-state index contributed by atoms with van der Waals surface area (Å²) in [5, 5.41) is 8.07. The summed E-state index contributed by atoms with van der Waals surface area (Å²) >= 11 is 3.43. The van der Waals surface area contributed by atoms with E-state index in [0.717, 1.165) is 28.6 Å². The van der Waals surface area contributed by atoms with Crippen LogP contribution in [0.15, 0.2) is 53.5 Å². The van der Waals surface area contributed by atoms with Gasteiger partial charge in [-0.15, -0.1) is 6.58 Å². The lowest BCUT2D eigenvalue weighted by Crippen LogP contribution is -2.30. The van der Waals surface area contributed by atoms with Crippen LogP contribution in [-0.4, -0.2) is 44.0 Å². The topological polar surface area (TPSA) is 84.3 Å². The standard InChI is InChI=1S/C22H23BrN4O3S/c1-4-11-26(31(3,29)30)20-13-19-18(12-17(20)14-5-6-14)21(22(28)24-2)27(25-19)16-9-7-15(23)8-10-16/h4,7-10,12-14H,1,5-6,11H2,2-3H3,(H,24,28). The molecule has 1 fully saturated rings. The summed E-state index contributed by atoms with van der Waals surface area (Å²) in [6, 6.07) is 11.2. The van der Waals surface area contributed by atoms with Crippen molar-refractivity contribution in [1.29, 1.82) is 0 Å². The monoisotopic (exact) mass is 502 g/mol. The van der Waals surface area contributed by atoms with Crippen molar-refractivity contribution in [3.8, 4) is 5.69 Å². The van der Waals surface area contributed by atoms with Gasteiger partial charge >= 0.3 is 0 Å². The fourth-order valence-electron chi connectivity index (χ4n) is 3.71. The lowest BCUT2D eigenvalue weighted by atomic mass is 10.0. The van der Waals surface area contributed by atoms with Gasteiger partial charge in [0.2, 0.25) is 10.0 Å². The molecule has 0 radical (unpaired) electrons. The molecule has 162 valence electrons. The van der Waals surface area contributed by atoms with Crippen molar-refractivity contribution < 1.29 is 13.2 Å². The maximum absolute atomic E-state index is 12.8. The highest BCUT2D eigenvalue weighted by Crippen LogP contribution is 2.46. The molecule has 0 spiro atoms. The fraction of sp³-hybridized carbons (Fsp3) is 0.273. The van der Waals surface area contributed by atoms with Gasteiger partial charge in [-0.2, -0.15) is 5.10 Å². The zero-order chi connectivity index (χ0) is 22.3. The van der Waals surface area contributed by atoms with Crippen molar-refractivity contribution in [3.63, 3.8) is 0 Å². The van der Waals surface area contributed by atoms with E-state index in [9.17, 15) is 13.2 Å². The molecule has 3 aromatic rings.